The number of hydrogen-bond donors (Lipinski definition) is 1. The van der Waals surface area contributed by atoms with Crippen LogP contribution in [0.5, 0.6) is 0 Å². The maximum Gasteiger partial charge on any atom is 0.154 e. The summed E-state index contributed by atoms with van der Waals surface area (Å²) in [6.45, 7) is 5.37. The first kappa shape index (κ1) is 14.3. The third-order valence-corrected chi connectivity index (χ3v) is 3.97. The molecular formula is C17H25NO. The topological polar surface area (TPSA) is 29.1 Å². The molecule has 0 radical (unpaired) electrons. The maximum atomic E-state index is 12.3. The van der Waals surface area contributed by atoms with Crippen molar-refractivity contribution in [3.8, 4) is 0 Å². The molecule has 1 aliphatic rings. The number of nitrogens with one attached hydrogen (secondary N) is 1. The zero-order valence-electron chi connectivity index (χ0n) is 12.1. The first-order valence-corrected chi connectivity index (χ1v) is 7.52. The van der Waals surface area contributed by atoms with Crippen LogP contribution in [-0.2, 0) is 11.2 Å². The van der Waals surface area contributed by atoms with Gasteiger partial charge in [-0.2, -0.15) is 0 Å². The van der Waals surface area contributed by atoms with Crippen LogP contribution in [0.15, 0.2) is 24.3 Å². The Morgan fingerprint density at radius 1 is 1.21 bits per heavy atom. The number of rotatable bonds is 4. The van der Waals surface area contributed by atoms with E-state index in [1.165, 1.54) is 24.8 Å². The molecular weight excluding hydrogens is 234 g/mol. The van der Waals surface area contributed by atoms with Gasteiger partial charge in [-0.3, -0.25) is 4.79 Å². The molecule has 0 aromatic heterocycles. The highest BCUT2D eigenvalue weighted by Crippen LogP contribution is 2.16. The van der Waals surface area contributed by atoms with Gasteiger partial charge in [-0.05, 0) is 36.4 Å². The minimum atomic E-state index is 0.0762. The van der Waals surface area contributed by atoms with E-state index in [0.29, 0.717) is 18.1 Å². The lowest BCUT2D eigenvalue weighted by Gasteiger charge is -2.14. The number of Topliss-reactive ketones (excluding diaryl/α,β-unsaturated/α-hetero) is 1. The van der Waals surface area contributed by atoms with E-state index in [1.54, 1.807) is 0 Å². The van der Waals surface area contributed by atoms with Gasteiger partial charge in [0.15, 0.2) is 5.78 Å². The number of carbonyl (C=O) groups excluding carboxylic acids is 1. The quantitative estimate of drug-likeness (QED) is 0.897. The summed E-state index contributed by atoms with van der Waals surface area (Å²) in [6, 6.07) is 8.57. The van der Waals surface area contributed by atoms with Crippen molar-refractivity contribution in [2.45, 2.75) is 57.9 Å². The average Bonchev–Trinajstić information content (AvgIpc) is 2.68. The van der Waals surface area contributed by atoms with Crippen LogP contribution in [0.1, 0.15) is 56.6 Å². The molecule has 0 aliphatic carbocycles. The molecule has 0 amide bonds. The zero-order valence-corrected chi connectivity index (χ0v) is 12.1. The summed E-state index contributed by atoms with van der Waals surface area (Å²) < 4.78 is 0. The predicted molar refractivity (Wildman–Crippen MR) is 79.5 cm³/mol. The van der Waals surface area contributed by atoms with E-state index in [4.69, 9.17) is 0 Å². The molecule has 104 valence electrons. The molecule has 1 saturated heterocycles. The molecule has 0 bridgehead atoms. The maximum absolute atomic E-state index is 12.3. The van der Waals surface area contributed by atoms with Gasteiger partial charge in [0, 0.05) is 6.42 Å². The summed E-state index contributed by atoms with van der Waals surface area (Å²) in [4.78, 5) is 12.3. The molecule has 1 aromatic rings. The van der Waals surface area contributed by atoms with Gasteiger partial charge in [0.2, 0.25) is 0 Å². The Kier molecular flexibility index (Phi) is 5.15. The van der Waals surface area contributed by atoms with Crippen molar-refractivity contribution in [2.24, 2.45) is 0 Å². The van der Waals surface area contributed by atoms with Crippen molar-refractivity contribution in [1.29, 1.82) is 0 Å². The SMILES string of the molecule is CC(C)c1ccc(CC(=O)C2CCCCCN2)cc1. The second-order valence-corrected chi connectivity index (χ2v) is 5.90. The van der Waals surface area contributed by atoms with Crippen LogP contribution in [0.2, 0.25) is 0 Å². The molecule has 1 fully saturated rings. The zero-order chi connectivity index (χ0) is 13.7. The fraction of sp³-hybridized carbons (Fsp3) is 0.588. The van der Waals surface area contributed by atoms with E-state index in [-0.39, 0.29) is 6.04 Å². The second kappa shape index (κ2) is 6.85. The van der Waals surface area contributed by atoms with Crippen LogP contribution in [0.4, 0.5) is 0 Å². The average molecular weight is 259 g/mol. The Balaban J connectivity index is 1.94. The van der Waals surface area contributed by atoms with Gasteiger partial charge >= 0.3 is 0 Å². The summed E-state index contributed by atoms with van der Waals surface area (Å²) in [7, 11) is 0. The van der Waals surface area contributed by atoms with Crippen LogP contribution in [-0.4, -0.2) is 18.4 Å². The fourth-order valence-corrected chi connectivity index (χ4v) is 2.65. The second-order valence-electron chi connectivity index (χ2n) is 5.90. The first-order chi connectivity index (χ1) is 9.16. The molecule has 1 aliphatic heterocycles. The standard InChI is InChI=1S/C17H25NO/c1-13(2)15-9-7-14(8-10-15)12-17(19)16-6-4-3-5-11-18-16/h7-10,13,16,18H,3-6,11-12H2,1-2H3. The lowest BCUT2D eigenvalue weighted by atomic mass is 9.97. The molecule has 0 saturated carbocycles. The smallest absolute Gasteiger partial charge is 0.154 e. The Hall–Kier alpha value is -1.15. The normalized spacial score (nSPS) is 20.3. The van der Waals surface area contributed by atoms with Crippen molar-refractivity contribution in [1.82, 2.24) is 5.32 Å². The van der Waals surface area contributed by atoms with E-state index in [9.17, 15) is 4.79 Å². The van der Waals surface area contributed by atoms with Gasteiger partial charge < -0.3 is 5.32 Å². The number of ketones is 1. The van der Waals surface area contributed by atoms with Crippen molar-refractivity contribution in [3.63, 3.8) is 0 Å². The molecule has 1 unspecified atom stereocenters. The Morgan fingerprint density at radius 2 is 1.95 bits per heavy atom. The summed E-state index contributed by atoms with van der Waals surface area (Å²) >= 11 is 0. The van der Waals surface area contributed by atoms with Gasteiger partial charge in [-0.15, -0.1) is 0 Å². The van der Waals surface area contributed by atoms with Gasteiger partial charge in [-0.1, -0.05) is 51.0 Å². The molecule has 1 aromatic carbocycles. The van der Waals surface area contributed by atoms with Crippen molar-refractivity contribution >= 4 is 5.78 Å². The van der Waals surface area contributed by atoms with E-state index >= 15 is 0 Å². The summed E-state index contributed by atoms with van der Waals surface area (Å²) in [6.07, 6.45) is 5.20. The van der Waals surface area contributed by atoms with Gasteiger partial charge in [0.05, 0.1) is 6.04 Å². The monoisotopic (exact) mass is 259 g/mol. The van der Waals surface area contributed by atoms with Crippen LogP contribution in [0.3, 0.4) is 0 Å². The summed E-state index contributed by atoms with van der Waals surface area (Å²) in [5, 5.41) is 3.38. The van der Waals surface area contributed by atoms with Gasteiger partial charge in [0.25, 0.3) is 0 Å². The van der Waals surface area contributed by atoms with Crippen LogP contribution in [0.25, 0.3) is 0 Å². The highest BCUT2D eigenvalue weighted by Gasteiger charge is 2.19. The number of carbonyl (C=O) groups is 1. The van der Waals surface area contributed by atoms with Crippen LogP contribution < -0.4 is 5.32 Å². The molecule has 1 N–H and O–H groups in total. The Labute approximate surface area is 116 Å². The van der Waals surface area contributed by atoms with Gasteiger partial charge in [0.1, 0.15) is 0 Å². The summed E-state index contributed by atoms with van der Waals surface area (Å²) in [5.41, 5.74) is 2.48. The van der Waals surface area contributed by atoms with Crippen LogP contribution in [0, 0.1) is 0 Å². The molecule has 2 rings (SSSR count). The minimum absolute atomic E-state index is 0.0762. The first-order valence-electron chi connectivity index (χ1n) is 7.52. The molecule has 2 nitrogen and oxygen atoms in total. The fourth-order valence-electron chi connectivity index (χ4n) is 2.65. The molecule has 1 heterocycles. The Morgan fingerprint density at radius 3 is 2.63 bits per heavy atom. The largest absolute Gasteiger partial charge is 0.307 e. The molecule has 2 heteroatoms. The molecule has 1 atom stereocenters. The highest BCUT2D eigenvalue weighted by molar-refractivity contribution is 5.86. The third kappa shape index (κ3) is 4.17. The summed E-state index contributed by atoms with van der Waals surface area (Å²) in [5.74, 6) is 0.896. The van der Waals surface area contributed by atoms with E-state index in [2.05, 4.69) is 43.4 Å². The number of hydrogen-bond acceptors (Lipinski definition) is 2. The minimum Gasteiger partial charge on any atom is -0.307 e. The highest BCUT2D eigenvalue weighted by atomic mass is 16.1. The Bertz CT molecular complexity index is 400. The predicted octanol–water partition coefficient (Wildman–Crippen LogP) is 3.45. The van der Waals surface area contributed by atoms with Crippen molar-refractivity contribution < 1.29 is 4.79 Å². The van der Waals surface area contributed by atoms with E-state index in [1.807, 2.05) is 0 Å². The van der Waals surface area contributed by atoms with Gasteiger partial charge in [-0.25, -0.2) is 0 Å². The molecule has 0 spiro atoms. The third-order valence-electron chi connectivity index (χ3n) is 3.97. The number of benzene rings is 1. The van der Waals surface area contributed by atoms with Crippen molar-refractivity contribution in [2.75, 3.05) is 6.54 Å². The molecule has 19 heavy (non-hydrogen) atoms. The van der Waals surface area contributed by atoms with E-state index in [0.717, 1.165) is 18.5 Å². The lowest BCUT2D eigenvalue weighted by Crippen LogP contribution is -2.36. The van der Waals surface area contributed by atoms with Crippen molar-refractivity contribution in [3.05, 3.63) is 35.4 Å². The van der Waals surface area contributed by atoms with Crippen LogP contribution >= 0.6 is 0 Å². The van der Waals surface area contributed by atoms with E-state index < -0.39 is 0 Å². The lowest BCUT2D eigenvalue weighted by molar-refractivity contribution is -0.120.